The summed E-state index contributed by atoms with van der Waals surface area (Å²) in [6.07, 6.45) is -0.347. The lowest BCUT2D eigenvalue weighted by Gasteiger charge is -2.25. The second kappa shape index (κ2) is 9.77. The molecule has 0 bridgehead atoms. The van der Waals surface area contributed by atoms with Gasteiger partial charge in [-0.2, -0.15) is 0 Å². The smallest absolute Gasteiger partial charge is 0.309 e. The Labute approximate surface area is 142 Å². The number of nitrogens with one attached hydrogen (secondary N) is 1. The number of esters is 1. The number of methoxy groups -OCH3 is 2. The summed E-state index contributed by atoms with van der Waals surface area (Å²) in [5.74, 6) is 0.190. The van der Waals surface area contributed by atoms with Gasteiger partial charge in [-0.25, -0.2) is 0 Å². The molecule has 0 saturated heterocycles. The first-order valence-electron chi connectivity index (χ1n) is 7.84. The number of carbonyl (C=O) groups is 2. The fraction of sp³-hybridized carbons (Fsp3) is 0.529. The van der Waals surface area contributed by atoms with Crippen LogP contribution < -0.4 is 15.0 Å². The van der Waals surface area contributed by atoms with Crippen molar-refractivity contribution < 1.29 is 23.8 Å². The van der Waals surface area contributed by atoms with Crippen LogP contribution in [0.5, 0.6) is 5.75 Å². The lowest BCUT2D eigenvalue weighted by molar-refractivity contribution is -0.169. The van der Waals surface area contributed by atoms with Crippen LogP contribution in [0, 0.1) is 0 Å². The SMILES string of the molecule is CCN(CCC(=O)OC(C)OC)c1cc(NC(C)=O)ccc1OC. The molecule has 0 aromatic heterocycles. The van der Waals surface area contributed by atoms with E-state index in [1.54, 1.807) is 26.2 Å². The predicted molar refractivity (Wildman–Crippen MR) is 92.4 cm³/mol. The van der Waals surface area contributed by atoms with Gasteiger partial charge in [0.25, 0.3) is 0 Å². The van der Waals surface area contributed by atoms with E-state index in [0.717, 1.165) is 5.69 Å². The third-order valence-corrected chi connectivity index (χ3v) is 3.44. The maximum absolute atomic E-state index is 11.8. The molecular weight excluding hydrogens is 312 g/mol. The Bertz CT molecular complexity index is 562. The van der Waals surface area contributed by atoms with Crippen LogP contribution in [0.15, 0.2) is 18.2 Å². The van der Waals surface area contributed by atoms with Crippen LogP contribution in [0.25, 0.3) is 0 Å². The number of hydrogen-bond acceptors (Lipinski definition) is 6. The molecule has 0 aliphatic carbocycles. The van der Waals surface area contributed by atoms with Crippen LogP contribution in [0.3, 0.4) is 0 Å². The molecule has 0 spiro atoms. The highest BCUT2D eigenvalue weighted by Gasteiger charge is 2.15. The largest absolute Gasteiger partial charge is 0.495 e. The number of anilines is 2. The highest BCUT2D eigenvalue weighted by molar-refractivity contribution is 5.89. The van der Waals surface area contributed by atoms with Crippen LogP contribution in [0.4, 0.5) is 11.4 Å². The zero-order chi connectivity index (χ0) is 18.1. The fourth-order valence-corrected chi connectivity index (χ4v) is 2.19. The van der Waals surface area contributed by atoms with E-state index in [0.29, 0.717) is 24.5 Å². The molecule has 1 aromatic rings. The average molecular weight is 338 g/mol. The molecule has 0 aliphatic rings. The van der Waals surface area contributed by atoms with Crippen molar-refractivity contribution >= 4 is 23.3 Å². The van der Waals surface area contributed by atoms with Gasteiger partial charge in [0.05, 0.1) is 19.2 Å². The molecule has 0 fully saturated rings. The lowest BCUT2D eigenvalue weighted by atomic mass is 10.2. The Kier molecular flexibility index (Phi) is 8.05. The van der Waals surface area contributed by atoms with Gasteiger partial charge in [0, 0.05) is 32.8 Å². The first kappa shape index (κ1) is 19.8. The van der Waals surface area contributed by atoms with Crippen molar-refractivity contribution in [2.45, 2.75) is 33.5 Å². The zero-order valence-corrected chi connectivity index (χ0v) is 14.9. The minimum Gasteiger partial charge on any atom is -0.495 e. The predicted octanol–water partition coefficient (Wildman–Crippen LogP) is 2.41. The van der Waals surface area contributed by atoms with E-state index < -0.39 is 6.29 Å². The van der Waals surface area contributed by atoms with Crippen molar-refractivity contribution in [1.29, 1.82) is 0 Å². The van der Waals surface area contributed by atoms with E-state index in [1.165, 1.54) is 14.0 Å². The summed E-state index contributed by atoms with van der Waals surface area (Å²) in [7, 11) is 3.06. The summed E-state index contributed by atoms with van der Waals surface area (Å²) in [5, 5.41) is 2.74. The number of nitrogens with zero attached hydrogens (tertiary/aromatic N) is 1. The number of rotatable bonds is 9. The minimum atomic E-state index is -0.565. The molecule has 0 radical (unpaired) electrons. The normalized spacial score (nSPS) is 11.5. The van der Waals surface area contributed by atoms with Crippen molar-refractivity contribution in [3.05, 3.63) is 18.2 Å². The van der Waals surface area contributed by atoms with Crippen LogP contribution in [0.1, 0.15) is 27.2 Å². The molecule has 1 N–H and O–H groups in total. The molecule has 7 heteroatoms. The van der Waals surface area contributed by atoms with E-state index in [9.17, 15) is 9.59 Å². The summed E-state index contributed by atoms with van der Waals surface area (Å²) in [4.78, 5) is 25.0. The summed E-state index contributed by atoms with van der Waals surface area (Å²) in [5.41, 5.74) is 1.48. The molecule has 1 unspecified atom stereocenters. The van der Waals surface area contributed by atoms with Crippen molar-refractivity contribution in [3.63, 3.8) is 0 Å². The number of amides is 1. The molecule has 1 rings (SSSR count). The number of ether oxygens (including phenoxy) is 3. The van der Waals surface area contributed by atoms with Crippen molar-refractivity contribution in [1.82, 2.24) is 0 Å². The Hall–Kier alpha value is -2.28. The molecule has 24 heavy (non-hydrogen) atoms. The van der Waals surface area contributed by atoms with E-state index in [1.807, 2.05) is 17.9 Å². The van der Waals surface area contributed by atoms with Gasteiger partial charge in [0.1, 0.15) is 5.75 Å². The van der Waals surface area contributed by atoms with E-state index in [-0.39, 0.29) is 18.3 Å². The molecule has 7 nitrogen and oxygen atoms in total. The lowest BCUT2D eigenvalue weighted by Crippen LogP contribution is -2.28. The Balaban J connectivity index is 2.85. The van der Waals surface area contributed by atoms with Gasteiger partial charge >= 0.3 is 5.97 Å². The van der Waals surface area contributed by atoms with Gasteiger partial charge in [0.2, 0.25) is 5.91 Å². The Morgan fingerprint density at radius 2 is 2.00 bits per heavy atom. The minimum absolute atomic E-state index is 0.147. The maximum atomic E-state index is 11.8. The molecule has 0 heterocycles. The topological polar surface area (TPSA) is 77.1 Å². The zero-order valence-electron chi connectivity index (χ0n) is 14.9. The van der Waals surface area contributed by atoms with Gasteiger partial charge in [-0.15, -0.1) is 0 Å². The number of benzene rings is 1. The third-order valence-electron chi connectivity index (χ3n) is 3.44. The van der Waals surface area contributed by atoms with E-state index in [2.05, 4.69) is 5.32 Å². The number of carbonyl (C=O) groups excluding carboxylic acids is 2. The summed E-state index contributed by atoms with van der Waals surface area (Å²) in [6.45, 7) is 6.23. The van der Waals surface area contributed by atoms with Crippen molar-refractivity contribution in [2.75, 3.05) is 37.5 Å². The first-order valence-corrected chi connectivity index (χ1v) is 7.84. The van der Waals surface area contributed by atoms with Crippen LogP contribution in [-0.2, 0) is 19.1 Å². The van der Waals surface area contributed by atoms with E-state index in [4.69, 9.17) is 14.2 Å². The third kappa shape index (κ3) is 6.08. The van der Waals surface area contributed by atoms with Crippen LogP contribution >= 0.6 is 0 Å². The second-order valence-corrected chi connectivity index (χ2v) is 5.19. The number of hydrogen-bond donors (Lipinski definition) is 1. The highest BCUT2D eigenvalue weighted by atomic mass is 16.7. The van der Waals surface area contributed by atoms with Gasteiger partial charge in [-0.3, -0.25) is 9.59 Å². The Morgan fingerprint density at radius 1 is 1.29 bits per heavy atom. The van der Waals surface area contributed by atoms with E-state index >= 15 is 0 Å². The first-order chi connectivity index (χ1) is 11.4. The Morgan fingerprint density at radius 3 is 2.54 bits per heavy atom. The monoisotopic (exact) mass is 338 g/mol. The highest BCUT2D eigenvalue weighted by Crippen LogP contribution is 2.31. The molecular formula is C17H26N2O5. The molecule has 1 amide bonds. The average Bonchev–Trinajstić information content (AvgIpc) is 2.55. The summed E-state index contributed by atoms with van der Waals surface area (Å²) < 4.78 is 15.4. The van der Waals surface area contributed by atoms with Crippen LogP contribution in [-0.4, -0.2) is 45.5 Å². The van der Waals surface area contributed by atoms with Gasteiger partial charge in [-0.05, 0) is 32.0 Å². The quantitative estimate of drug-likeness (QED) is 0.550. The molecule has 0 aliphatic heterocycles. The molecule has 0 saturated carbocycles. The van der Waals surface area contributed by atoms with Gasteiger partial charge in [0.15, 0.2) is 6.29 Å². The summed E-state index contributed by atoms with van der Waals surface area (Å²) in [6, 6.07) is 5.38. The van der Waals surface area contributed by atoms with Crippen molar-refractivity contribution in [3.8, 4) is 5.75 Å². The van der Waals surface area contributed by atoms with Crippen molar-refractivity contribution in [2.24, 2.45) is 0 Å². The molecule has 1 aromatic carbocycles. The molecule has 1 atom stereocenters. The molecule has 134 valence electrons. The fourth-order valence-electron chi connectivity index (χ4n) is 2.19. The van der Waals surface area contributed by atoms with Crippen LogP contribution in [0.2, 0.25) is 0 Å². The standard InChI is InChI=1S/C17H26N2O5/c1-6-19(10-9-17(21)24-13(3)22-4)15-11-14(18-12(2)20)7-8-16(15)23-5/h7-8,11,13H,6,9-10H2,1-5H3,(H,18,20). The maximum Gasteiger partial charge on any atom is 0.309 e. The van der Waals surface area contributed by atoms with Gasteiger partial charge < -0.3 is 24.4 Å². The summed E-state index contributed by atoms with van der Waals surface area (Å²) >= 11 is 0. The van der Waals surface area contributed by atoms with Gasteiger partial charge in [-0.1, -0.05) is 0 Å². The second-order valence-electron chi connectivity index (χ2n) is 5.19.